The molecule has 1 unspecified atom stereocenters. The number of rotatable bonds is 5. The Hall–Kier alpha value is -1.34. The van der Waals surface area contributed by atoms with Crippen molar-refractivity contribution < 1.29 is 4.79 Å². The Bertz CT molecular complexity index is 513. The summed E-state index contributed by atoms with van der Waals surface area (Å²) in [5.41, 5.74) is 11.8. The summed E-state index contributed by atoms with van der Waals surface area (Å²) >= 11 is 1.37. The lowest BCUT2D eigenvalue weighted by molar-refractivity contribution is 0.0953. The van der Waals surface area contributed by atoms with Crippen molar-refractivity contribution in [2.45, 2.75) is 38.1 Å². The number of carbonyl (C=O) groups is 1. The van der Waals surface area contributed by atoms with Gasteiger partial charge in [0.15, 0.2) is 5.13 Å². The standard InChI is InChI=1S/C14H23N5OS/c15-10-5-7-19(8-10)14-18-12(16)11(21-14)13(20)17-6-4-9-2-1-3-9/h9-10H,1-8,15-16H2,(H,17,20). The minimum atomic E-state index is -0.0981. The molecule has 21 heavy (non-hydrogen) atoms. The van der Waals surface area contributed by atoms with E-state index < -0.39 is 0 Å². The highest BCUT2D eigenvalue weighted by atomic mass is 32.1. The van der Waals surface area contributed by atoms with Gasteiger partial charge in [0.1, 0.15) is 10.7 Å². The van der Waals surface area contributed by atoms with Gasteiger partial charge >= 0.3 is 0 Å². The molecule has 1 atom stereocenters. The topological polar surface area (TPSA) is 97.3 Å². The van der Waals surface area contributed by atoms with Crippen LogP contribution in [-0.4, -0.2) is 36.6 Å². The summed E-state index contributed by atoms with van der Waals surface area (Å²) in [4.78, 5) is 19.1. The minimum absolute atomic E-state index is 0.0981. The third-order valence-electron chi connectivity index (χ3n) is 4.41. The first-order valence-corrected chi connectivity index (χ1v) is 8.50. The van der Waals surface area contributed by atoms with E-state index in [1.54, 1.807) is 0 Å². The summed E-state index contributed by atoms with van der Waals surface area (Å²) in [7, 11) is 0. The van der Waals surface area contributed by atoms with Crippen molar-refractivity contribution in [2.24, 2.45) is 11.7 Å². The second kappa shape index (κ2) is 6.19. The van der Waals surface area contributed by atoms with Gasteiger partial charge in [-0.05, 0) is 18.8 Å². The van der Waals surface area contributed by atoms with E-state index >= 15 is 0 Å². The van der Waals surface area contributed by atoms with Crippen molar-refractivity contribution in [1.82, 2.24) is 10.3 Å². The van der Waals surface area contributed by atoms with Crippen molar-refractivity contribution in [3.63, 3.8) is 0 Å². The number of aromatic nitrogens is 1. The van der Waals surface area contributed by atoms with Crippen LogP contribution in [0.25, 0.3) is 0 Å². The van der Waals surface area contributed by atoms with Gasteiger partial charge in [-0.1, -0.05) is 30.6 Å². The van der Waals surface area contributed by atoms with Crippen molar-refractivity contribution in [3.8, 4) is 0 Å². The minimum Gasteiger partial charge on any atom is -0.382 e. The number of nitrogens with zero attached hydrogens (tertiary/aromatic N) is 2. The number of nitrogens with two attached hydrogens (primary N) is 2. The third kappa shape index (κ3) is 3.29. The van der Waals surface area contributed by atoms with Crippen LogP contribution in [0.2, 0.25) is 0 Å². The lowest BCUT2D eigenvalue weighted by Crippen LogP contribution is -2.27. The summed E-state index contributed by atoms with van der Waals surface area (Å²) in [6, 6.07) is 0.190. The number of amides is 1. The van der Waals surface area contributed by atoms with Gasteiger partial charge in [0.25, 0.3) is 5.91 Å². The maximum absolute atomic E-state index is 12.2. The summed E-state index contributed by atoms with van der Waals surface area (Å²) < 4.78 is 0. The first-order valence-electron chi connectivity index (χ1n) is 7.68. The molecule has 0 bridgehead atoms. The molecule has 0 spiro atoms. The molecule has 6 nitrogen and oxygen atoms in total. The second-order valence-corrected chi connectivity index (χ2v) is 7.02. The molecule has 1 aromatic rings. The van der Waals surface area contributed by atoms with Gasteiger partial charge in [0, 0.05) is 25.7 Å². The van der Waals surface area contributed by atoms with Crippen molar-refractivity contribution in [1.29, 1.82) is 0 Å². The molecule has 1 amide bonds. The molecule has 1 saturated carbocycles. The highest BCUT2D eigenvalue weighted by Gasteiger charge is 2.25. The summed E-state index contributed by atoms with van der Waals surface area (Å²) in [6.07, 6.45) is 5.97. The van der Waals surface area contributed by atoms with Crippen LogP contribution < -0.4 is 21.7 Å². The molecular weight excluding hydrogens is 286 g/mol. The average Bonchev–Trinajstić information content (AvgIpc) is 2.98. The molecule has 3 rings (SSSR count). The fourth-order valence-electron chi connectivity index (χ4n) is 2.83. The van der Waals surface area contributed by atoms with Crippen LogP contribution in [0, 0.1) is 5.92 Å². The Labute approximate surface area is 128 Å². The first-order chi connectivity index (χ1) is 10.1. The smallest absolute Gasteiger partial charge is 0.265 e. The Morgan fingerprint density at radius 2 is 2.24 bits per heavy atom. The monoisotopic (exact) mass is 309 g/mol. The molecular formula is C14H23N5OS. The van der Waals surface area contributed by atoms with E-state index in [2.05, 4.69) is 15.2 Å². The molecule has 1 saturated heterocycles. The summed E-state index contributed by atoms with van der Waals surface area (Å²) in [5, 5.41) is 3.77. The molecule has 1 aliphatic carbocycles. The highest BCUT2D eigenvalue weighted by Crippen LogP contribution is 2.31. The van der Waals surface area contributed by atoms with Gasteiger partial charge in [-0.15, -0.1) is 0 Å². The van der Waals surface area contributed by atoms with Crippen LogP contribution in [0.5, 0.6) is 0 Å². The molecule has 2 heterocycles. The van der Waals surface area contributed by atoms with E-state index in [0.717, 1.165) is 43.5 Å². The average molecular weight is 309 g/mol. The zero-order chi connectivity index (χ0) is 14.8. The summed E-state index contributed by atoms with van der Waals surface area (Å²) in [6.45, 7) is 2.40. The number of hydrogen-bond donors (Lipinski definition) is 3. The second-order valence-electron chi connectivity index (χ2n) is 6.05. The normalized spacial score (nSPS) is 22.3. The van der Waals surface area contributed by atoms with Crippen LogP contribution >= 0.6 is 11.3 Å². The van der Waals surface area contributed by atoms with Gasteiger partial charge in [0.05, 0.1) is 0 Å². The van der Waals surface area contributed by atoms with Crippen LogP contribution in [0.3, 0.4) is 0 Å². The molecule has 1 aliphatic heterocycles. The Morgan fingerprint density at radius 1 is 1.43 bits per heavy atom. The van der Waals surface area contributed by atoms with Crippen LogP contribution in [-0.2, 0) is 0 Å². The number of anilines is 2. The van der Waals surface area contributed by atoms with Crippen LogP contribution in [0.15, 0.2) is 0 Å². The van der Waals surface area contributed by atoms with Gasteiger partial charge < -0.3 is 21.7 Å². The Balaban J connectivity index is 1.56. The molecule has 5 N–H and O–H groups in total. The van der Waals surface area contributed by atoms with Crippen molar-refractivity contribution in [2.75, 3.05) is 30.3 Å². The van der Waals surface area contributed by atoms with Gasteiger partial charge in [0.2, 0.25) is 0 Å². The van der Waals surface area contributed by atoms with Crippen molar-refractivity contribution >= 4 is 28.2 Å². The van der Waals surface area contributed by atoms with Gasteiger partial charge in [-0.2, -0.15) is 0 Å². The number of nitrogen functional groups attached to an aromatic ring is 1. The molecule has 2 aliphatic rings. The Kier molecular flexibility index (Phi) is 4.30. The van der Waals surface area contributed by atoms with Gasteiger partial charge in [-0.25, -0.2) is 4.98 Å². The molecule has 116 valence electrons. The lowest BCUT2D eigenvalue weighted by Gasteiger charge is -2.25. The number of nitrogens with one attached hydrogen (secondary N) is 1. The SMILES string of the molecule is Nc1nc(N2CCC(N)C2)sc1C(=O)NCCC1CCC1. The maximum Gasteiger partial charge on any atom is 0.265 e. The zero-order valence-electron chi connectivity index (χ0n) is 12.2. The number of thiazole rings is 1. The highest BCUT2D eigenvalue weighted by molar-refractivity contribution is 7.18. The van der Waals surface area contributed by atoms with E-state index in [4.69, 9.17) is 11.5 Å². The Morgan fingerprint density at radius 3 is 2.86 bits per heavy atom. The molecule has 1 aromatic heterocycles. The van der Waals surface area contributed by atoms with E-state index in [9.17, 15) is 4.79 Å². The van der Waals surface area contributed by atoms with Crippen molar-refractivity contribution in [3.05, 3.63) is 4.88 Å². The van der Waals surface area contributed by atoms with E-state index in [1.165, 1.54) is 30.6 Å². The third-order valence-corrected chi connectivity index (χ3v) is 5.54. The van der Waals surface area contributed by atoms with E-state index in [0.29, 0.717) is 10.7 Å². The fourth-order valence-corrected chi connectivity index (χ4v) is 3.77. The quantitative estimate of drug-likeness (QED) is 0.759. The number of hydrogen-bond acceptors (Lipinski definition) is 6. The maximum atomic E-state index is 12.2. The molecule has 0 aromatic carbocycles. The number of carbonyl (C=O) groups excluding carboxylic acids is 1. The largest absolute Gasteiger partial charge is 0.382 e. The van der Waals surface area contributed by atoms with E-state index in [-0.39, 0.29) is 11.9 Å². The lowest BCUT2D eigenvalue weighted by atomic mass is 9.83. The predicted molar refractivity (Wildman–Crippen MR) is 85.6 cm³/mol. The molecule has 7 heteroatoms. The first kappa shape index (κ1) is 14.6. The van der Waals surface area contributed by atoms with E-state index in [1.807, 2.05) is 0 Å². The fraction of sp³-hybridized carbons (Fsp3) is 0.714. The van der Waals surface area contributed by atoms with Gasteiger partial charge in [-0.3, -0.25) is 4.79 Å². The van der Waals surface area contributed by atoms with Crippen LogP contribution in [0.4, 0.5) is 10.9 Å². The molecule has 2 fully saturated rings. The molecule has 0 radical (unpaired) electrons. The van der Waals surface area contributed by atoms with Crippen LogP contribution in [0.1, 0.15) is 41.8 Å². The zero-order valence-corrected chi connectivity index (χ0v) is 13.0. The summed E-state index contributed by atoms with van der Waals surface area (Å²) in [5.74, 6) is 1.03. The predicted octanol–water partition coefficient (Wildman–Crippen LogP) is 1.18.